The molecule has 31 heavy (non-hydrogen) atoms. The zero-order valence-corrected chi connectivity index (χ0v) is 20.1. The van der Waals surface area contributed by atoms with Crippen LogP contribution in [0.3, 0.4) is 0 Å². The third-order valence-corrected chi connectivity index (χ3v) is 11.6. The van der Waals surface area contributed by atoms with Gasteiger partial charge in [-0.3, -0.25) is 0 Å². The van der Waals surface area contributed by atoms with Crippen LogP contribution in [0.4, 0.5) is 0 Å². The van der Waals surface area contributed by atoms with E-state index in [1.54, 1.807) is 0 Å². The minimum absolute atomic E-state index is 0.300. The maximum Gasteiger partial charge on any atom is 0.162 e. The average Bonchev–Trinajstić information content (AvgIpc) is 3.30. The largest absolute Gasteiger partial charge is 0.387 e. The van der Waals surface area contributed by atoms with E-state index >= 15 is 0 Å². The highest BCUT2D eigenvalue weighted by atomic mass is 16.5. The van der Waals surface area contributed by atoms with Gasteiger partial charge in [-0.2, -0.15) is 0 Å². The first-order valence-electron chi connectivity index (χ1n) is 13.3. The van der Waals surface area contributed by atoms with Crippen molar-refractivity contribution < 1.29 is 20.1 Å². The molecule has 0 spiro atoms. The number of hydrogen-bond acceptors (Lipinski definition) is 4. The molecule has 0 aromatic carbocycles. The van der Waals surface area contributed by atoms with E-state index < -0.39 is 11.4 Å². The second-order valence-electron chi connectivity index (χ2n) is 13.1. The Bertz CT molecular complexity index is 670. The molecule has 3 N–H and O–H groups in total. The number of aliphatic hydroxyl groups is 3. The quantitative estimate of drug-likeness (QED) is 0.551. The van der Waals surface area contributed by atoms with Crippen LogP contribution in [0, 0.1) is 46.3 Å². The molecule has 1 unspecified atom stereocenters. The first-order valence-corrected chi connectivity index (χ1v) is 13.3. The molecule has 4 heteroatoms. The highest BCUT2D eigenvalue weighted by molar-refractivity contribution is 5.10. The SMILES string of the molecule is C[C@H](CCC1(O)CCOC1)[C@H]1CC[C@H]2[C@@H]3CC[C@H]4CC(O)(O)CC[C@]4(C)[C@H]3CC[C@]12C. The number of rotatable bonds is 4. The van der Waals surface area contributed by atoms with E-state index in [1.807, 2.05) is 0 Å². The molecule has 1 heterocycles. The molecule has 0 radical (unpaired) electrons. The van der Waals surface area contributed by atoms with Gasteiger partial charge in [-0.05, 0) is 104 Å². The first-order chi connectivity index (χ1) is 14.6. The third-order valence-electron chi connectivity index (χ3n) is 11.6. The van der Waals surface area contributed by atoms with Gasteiger partial charge in [-0.15, -0.1) is 0 Å². The first kappa shape index (κ1) is 22.6. The van der Waals surface area contributed by atoms with Gasteiger partial charge in [-0.1, -0.05) is 20.8 Å². The number of ether oxygens (including phenoxy) is 1. The summed E-state index contributed by atoms with van der Waals surface area (Å²) in [5.74, 6) is 2.94. The van der Waals surface area contributed by atoms with Gasteiger partial charge in [0.15, 0.2) is 5.79 Å². The van der Waals surface area contributed by atoms with Gasteiger partial charge in [0.2, 0.25) is 0 Å². The Morgan fingerprint density at radius 1 is 0.871 bits per heavy atom. The highest BCUT2D eigenvalue weighted by Gasteiger charge is 2.61. The summed E-state index contributed by atoms with van der Waals surface area (Å²) in [6.07, 6.45) is 12.8. The van der Waals surface area contributed by atoms with Crippen LogP contribution in [-0.2, 0) is 4.74 Å². The Labute approximate surface area is 189 Å². The predicted molar refractivity (Wildman–Crippen MR) is 121 cm³/mol. The zero-order chi connectivity index (χ0) is 22.1. The average molecular weight is 435 g/mol. The van der Waals surface area contributed by atoms with Crippen LogP contribution in [0.15, 0.2) is 0 Å². The van der Waals surface area contributed by atoms with Gasteiger partial charge in [0.25, 0.3) is 0 Å². The third kappa shape index (κ3) is 3.72. The van der Waals surface area contributed by atoms with E-state index in [1.165, 1.54) is 38.5 Å². The maximum atomic E-state index is 10.7. The number of hydrogen-bond donors (Lipinski definition) is 3. The van der Waals surface area contributed by atoms with E-state index in [9.17, 15) is 15.3 Å². The Morgan fingerprint density at radius 3 is 2.39 bits per heavy atom. The summed E-state index contributed by atoms with van der Waals surface area (Å²) in [4.78, 5) is 0. The molecule has 0 aromatic heterocycles. The molecular weight excluding hydrogens is 388 g/mol. The van der Waals surface area contributed by atoms with Crippen LogP contribution in [-0.4, -0.2) is 39.9 Å². The van der Waals surface area contributed by atoms with Crippen LogP contribution >= 0.6 is 0 Å². The maximum absolute atomic E-state index is 10.7. The fourth-order valence-electron chi connectivity index (χ4n) is 9.69. The van der Waals surface area contributed by atoms with Crippen molar-refractivity contribution in [3.05, 3.63) is 0 Å². The standard InChI is InChI=1S/C27H46O4/c1-18(8-11-26(28)14-15-31-17-26)21-6-7-22-20-5-4-19-16-27(29,30)13-12-24(19,2)23(20)9-10-25(21,22)3/h18-23,28-30H,4-17H2,1-3H3/t18-,19+,20+,21-,22+,23+,24+,25-,26?/m1/s1. The van der Waals surface area contributed by atoms with E-state index in [0.29, 0.717) is 48.7 Å². The summed E-state index contributed by atoms with van der Waals surface area (Å²) >= 11 is 0. The van der Waals surface area contributed by atoms with Crippen molar-refractivity contribution >= 4 is 0 Å². The van der Waals surface area contributed by atoms with Crippen LogP contribution in [0.25, 0.3) is 0 Å². The molecule has 178 valence electrons. The molecule has 5 fully saturated rings. The monoisotopic (exact) mass is 434 g/mol. The van der Waals surface area contributed by atoms with Crippen molar-refractivity contribution in [2.75, 3.05) is 13.2 Å². The fourth-order valence-corrected chi connectivity index (χ4v) is 9.69. The second kappa shape index (κ2) is 7.68. The molecule has 1 aliphatic heterocycles. The Balaban J connectivity index is 1.28. The van der Waals surface area contributed by atoms with Crippen molar-refractivity contribution in [2.24, 2.45) is 46.3 Å². The van der Waals surface area contributed by atoms with Crippen molar-refractivity contribution in [1.82, 2.24) is 0 Å². The van der Waals surface area contributed by atoms with Crippen molar-refractivity contribution in [3.8, 4) is 0 Å². The molecule has 1 saturated heterocycles. The van der Waals surface area contributed by atoms with E-state index in [0.717, 1.165) is 49.4 Å². The van der Waals surface area contributed by atoms with Crippen molar-refractivity contribution in [3.63, 3.8) is 0 Å². The summed E-state index contributed by atoms with van der Waals surface area (Å²) < 4.78 is 5.47. The van der Waals surface area contributed by atoms with Gasteiger partial charge in [0.05, 0.1) is 12.2 Å². The van der Waals surface area contributed by atoms with Gasteiger partial charge in [0, 0.05) is 25.9 Å². The lowest BCUT2D eigenvalue weighted by Crippen LogP contribution is -2.56. The molecule has 5 rings (SSSR count). The molecule has 4 saturated carbocycles. The Kier molecular flexibility index (Phi) is 5.61. The summed E-state index contributed by atoms with van der Waals surface area (Å²) in [6.45, 7) is 8.79. The van der Waals surface area contributed by atoms with E-state index in [4.69, 9.17) is 4.74 Å². The second-order valence-corrected chi connectivity index (χ2v) is 13.1. The molecule has 9 atom stereocenters. The molecule has 4 aliphatic carbocycles. The smallest absolute Gasteiger partial charge is 0.162 e. The normalized spacial score (nSPS) is 52.3. The Morgan fingerprint density at radius 2 is 1.65 bits per heavy atom. The molecule has 0 aromatic rings. The van der Waals surface area contributed by atoms with Gasteiger partial charge in [-0.25, -0.2) is 0 Å². The molecule has 0 bridgehead atoms. The zero-order valence-electron chi connectivity index (χ0n) is 20.1. The van der Waals surface area contributed by atoms with Crippen LogP contribution in [0.1, 0.15) is 97.8 Å². The van der Waals surface area contributed by atoms with Gasteiger partial charge in [0.1, 0.15) is 0 Å². The summed E-state index contributed by atoms with van der Waals surface area (Å²) in [7, 11) is 0. The summed E-state index contributed by atoms with van der Waals surface area (Å²) in [5.41, 5.74) is 0.174. The summed E-state index contributed by atoms with van der Waals surface area (Å²) in [6, 6.07) is 0. The lowest BCUT2D eigenvalue weighted by molar-refractivity contribution is -0.233. The van der Waals surface area contributed by atoms with E-state index in [-0.39, 0.29) is 0 Å². The van der Waals surface area contributed by atoms with E-state index in [2.05, 4.69) is 20.8 Å². The molecule has 0 amide bonds. The Hall–Kier alpha value is -0.160. The fraction of sp³-hybridized carbons (Fsp3) is 1.00. The van der Waals surface area contributed by atoms with Crippen molar-refractivity contribution in [2.45, 2.75) is 109 Å². The van der Waals surface area contributed by atoms with Gasteiger partial charge >= 0.3 is 0 Å². The molecule has 5 aliphatic rings. The highest BCUT2D eigenvalue weighted by Crippen LogP contribution is 2.68. The minimum Gasteiger partial charge on any atom is -0.387 e. The van der Waals surface area contributed by atoms with Crippen LogP contribution < -0.4 is 0 Å². The minimum atomic E-state index is -1.43. The topological polar surface area (TPSA) is 69.9 Å². The van der Waals surface area contributed by atoms with Crippen LogP contribution in [0.5, 0.6) is 0 Å². The lowest BCUT2D eigenvalue weighted by Gasteiger charge is -2.61. The molecule has 4 nitrogen and oxygen atoms in total. The van der Waals surface area contributed by atoms with Gasteiger partial charge < -0.3 is 20.1 Å². The summed E-state index contributed by atoms with van der Waals surface area (Å²) in [5, 5.41) is 31.3. The molecular formula is C27H46O4. The van der Waals surface area contributed by atoms with Crippen molar-refractivity contribution in [1.29, 1.82) is 0 Å². The predicted octanol–water partition coefficient (Wildman–Crippen LogP) is 4.89. The van der Waals surface area contributed by atoms with Crippen LogP contribution in [0.2, 0.25) is 0 Å². The lowest BCUT2D eigenvalue weighted by atomic mass is 9.44. The number of fused-ring (bicyclic) bond motifs is 5.